The van der Waals surface area contributed by atoms with E-state index in [4.69, 9.17) is 0 Å². The number of nitrogens with one attached hydrogen (secondary N) is 2. The fourth-order valence-corrected chi connectivity index (χ4v) is 7.31. The highest BCUT2D eigenvalue weighted by Crippen LogP contribution is 2.39. The lowest BCUT2D eigenvalue weighted by Gasteiger charge is -2.36. The topological polar surface area (TPSA) is 64.7 Å². The van der Waals surface area contributed by atoms with Gasteiger partial charge < -0.3 is 15.5 Å². The standard InChI is InChI=1S/C24H39FN4O2/c1-14-6-7-21(25)20-9-22(27-23(14)20)24(31)26-18-4-3-5-19(8-18)29-12-16-10-28(15(2)30)11-17(16)13-29/h14,16-23,27H,3-13H2,1-2H3,(H,26,31)/t14?,16-,17+,18-,19-,20?,21?,22?,23?/m1/s1. The smallest absolute Gasteiger partial charge is 0.237 e. The highest BCUT2D eigenvalue weighted by Gasteiger charge is 2.47. The summed E-state index contributed by atoms with van der Waals surface area (Å²) in [5.41, 5.74) is 0. The first-order valence-electron chi connectivity index (χ1n) is 12.6. The normalized spacial score (nSPS) is 45.4. The van der Waals surface area contributed by atoms with Gasteiger partial charge in [-0.1, -0.05) is 6.92 Å². The lowest BCUT2D eigenvalue weighted by atomic mass is 9.77. The minimum absolute atomic E-state index is 0.00261. The molecule has 0 bridgehead atoms. The second kappa shape index (κ2) is 8.62. The van der Waals surface area contributed by atoms with Crippen LogP contribution in [0.4, 0.5) is 4.39 Å². The molecule has 5 aliphatic rings. The van der Waals surface area contributed by atoms with Crippen LogP contribution < -0.4 is 10.6 Å². The third-order valence-corrected chi connectivity index (χ3v) is 9.12. The van der Waals surface area contributed by atoms with Crippen molar-refractivity contribution in [3.05, 3.63) is 0 Å². The summed E-state index contributed by atoms with van der Waals surface area (Å²) >= 11 is 0. The number of likely N-dealkylation sites (tertiary alicyclic amines) is 2. The first kappa shape index (κ1) is 21.6. The molecule has 0 aromatic rings. The number of halogens is 1. The van der Waals surface area contributed by atoms with Crippen molar-refractivity contribution in [2.75, 3.05) is 26.2 Å². The largest absolute Gasteiger partial charge is 0.352 e. The molecule has 5 fully saturated rings. The number of carbonyl (C=O) groups excluding carboxylic acids is 2. The number of nitrogens with zero attached hydrogens (tertiary/aromatic N) is 2. The Bertz CT molecular complexity index is 673. The summed E-state index contributed by atoms with van der Waals surface area (Å²) in [5.74, 6) is 1.95. The van der Waals surface area contributed by atoms with Gasteiger partial charge in [-0.15, -0.1) is 0 Å². The summed E-state index contributed by atoms with van der Waals surface area (Å²) in [6, 6.07) is 0.670. The van der Waals surface area contributed by atoms with Crippen molar-refractivity contribution < 1.29 is 14.0 Å². The van der Waals surface area contributed by atoms with Crippen molar-refractivity contribution in [1.29, 1.82) is 0 Å². The maximum absolute atomic E-state index is 14.4. The van der Waals surface area contributed by atoms with Gasteiger partial charge in [0.15, 0.2) is 0 Å². The molecule has 3 aliphatic heterocycles. The molecule has 174 valence electrons. The monoisotopic (exact) mass is 434 g/mol. The van der Waals surface area contributed by atoms with E-state index in [2.05, 4.69) is 22.5 Å². The molecule has 3 saturated heterocycles. The zero-order valence-corrected chi connectivity index (χ0v) is 19.1. The predicted octanol–water partition coefficient (Wildman–Crippen LogP) is 1.94. The molecule has 3 heterocycles. The van der Waals surface area contributed by atoms with Gasteiger partial charge in [0.1, 0.15) is 6.17 Å². The van der Waals surface area contributed by atoms with E-state index in [1.54, 1.807) is 6.92 Å². The molecule has 31 heavy (non-hydrogen) atoms. The van der Waals surface area contributed by atoms with Gasteiger partial charge in [0.2, 0.25) is 11.8 Å². The first-order valence-corrected chi connectivity index (χ1v) is 12.6. The molecular weight excluding hydrogens is 395 g/mol. The van der Waals surface area contributed by atoms with Crippen molar-refractivity contribution >= 4 is 11.8 Å². The van der Waals surface area contributed by atoms with Crippen LogP contribution >= 0.6 is 0 Å². The van der Waals surface area contributed by atoms with E-state index in [1.807, 2.05) is 4.90 Å². The molecule has 0 spiro atoms. The molecule has 0 radical (unpaired) electrons. The average molecular weight is 435 g/mol. The molecule has 7 heteroatoms. The van der Waals surface area contributed by atoms with Crippen LogP contribution in [0.25, 0.3) is 0 Å². The zero-order valence-electron chi connectivity index (χ0n) is 19.1. The van der Waals surface area contributed by atoms with Gasteiger partial charge in [0.25, 0.3) is 0 Å². The summed E-state index contributed by atoms with van der Waals surface area (Å²) in [7, 11) is 0. The van der Waals surface area contributed by atoms with Crippen molar-refractivity contribution in [2.24, 2.45) is 23.7 Å². The van der Waals surface area contributed by atoms with Crippen LogP contribution in [0.3, 0.4) is 0 Å². The summed E-state index contributed by atoms with van der Waals surface area (Å²) in [6.07, 6.45) is 5.84. The van der Waals surface area contributed by atoms with E-state index < -0.39 is 6.17 Å². The Balaban J connectivity index is 1.12. The predicted molar refractivity (Wildman–Crippen MR) is 117 cm³/mol. The van der Waals surface area contributed by atoms with Crippen LogP contribution in [0, 0.1) is 23.7 Å². The maximum Gasteiger partial charge on any atom is 0.237 e. The van der Waals surface area contributed by atoms with E-state index in [9.17, 15) is 14.0 Å². The number of amides is 2. The molecule has 5 unspecified atom stereocenters. The summed E-state index contributed by atoms with van der Waals surface area (Å²) in [5, 5.41) is 6.80. The number of alkyl halides is 1. The minimum Gasteiger partial charge on any atom is -0.352 e. The lowest BCUT2D eigenvalue weighted by Crippen LogP contribution is -2.51. The van der Waals surface area contributed by atoms with E-state index in [-0.39, 0.29) is 35.9 Å². The Labute approximate surface area is 185 Å². The van der Waals surface area contributed by atoms with Crippen molar-refractivity contribution in [1.82, 2.24) is 20.4 Å². The third kappa shape index (κ3) is 4.24. The SMILES string of the molecule is CC(=O)N1C[C@@H]2CN([C@@H]3CCC[C@@H](NC(=O)C4CC5C(F)CCC(C)C5N4)C3)C[C@@H]2C1. The molecule has 2 aliphatic carbocycles. The van der Waals surface area contributed by atoms with Crippen LogP contribution in [-0.4, -0.2) is 78.1 Å². The van der Waals surface area contributed by atoms with E-state index >= 15 is 0 Å². The highest BCUT2D eigenvalue weighted by molar-refractivity contribution is 5.82. The maximum atomic E-state index is 14.4. The number of fused-ring (bicyclic) bond motifs is 2. The Hall–Kier alpha value is -1.21. The highest BCUT2D eigenvalue weighted by atomic mass is 19.1. The zero-order chi connectivity index (χ0) is 21.7. The number of hydrogen-bond donors (Lipinski definition) is 2. The summed E-state index contributed by atoms with van der Waals surface area (Å²) in [6.45, 7) is 7.85. The molecule has 2 saturated carbocycles. The van der Waals surface area contributed by atoms with E-state index in [0.717, 1.165) is 51.9 Å². The molecule has 0 aromatic carbocycles. The molecule has 2 N–H and O–H groups in total. The van der Waals surface area contributed by atoms with Crippen LogP contribution in [0.5, 0.6) is 0 Å². The van der Waals surface area contributed by atoms with Crippen LogP contribution in [0.1, 0.15) is 58.8 Å². The third-order valence-electron chi connectivity index (χ3n) is 9.12. The molecule has 9 atom stereocenters. The minimum atomic E-state index is -0.765. The van der Waals surface area contributed by atoms with Crippen molar-refractivity contribution in [3.8, 4) is 0 Å². The van der Waals surface area contributed by atoms with Crippen molar-refractivity contribution in [2.45, 2.75) is 89.1 Å². The lowest BCUT2D eigenvalue weighted by molar-refractivity contribution is -0.128. The van der Waals surface area contributed by atoms with Crippen LogP contribution in [0.2, 0.25) is 0 Å². The fraction of sp³-hybridized carbons (Fsp3) is 0.917. The van der Waals surface area contributed by atoms with Gasteiger partial charge in [0.05, 0.1) is 6.04 Å². The summed E-state index contributed by atoms with van der Waals surface area (Å²) < 4.78 is 14.4. The Morgan fingerprint density at radius 2 is 1.74 bits per heavy atom. The van der Waals surface area contributed by atoms with E-state index in [0.29, 0.717) is 36.6 Å². The second-order valence-corrected chi connectivity index (χ2v) is 11.1. The van der Waals surface area contributed by atoms with Gasteiger partial charge in [0, 0.05) is 57.1 Å². The van der Waals surface area contributed by atoms with Crippen LogP contribution in [0.15, 0.2) is 0 Å². The van der Waals surface area contributed by atoms with E-state index in [1.165, 1.54) is 6.42 Å². The second-order valence-electron chi connectivity index (χ2n) is 11.1. The van der Waals surface area contributed by atoms with Gasteiger partial charge in [-0.25, -0.2) is 4.39 Å². The molecule has 6 nitrogen and oxygen atoms in total. The Kier molecular flexibility index (Phi) is 6.01. The molecule has 2 amide bonds. The quantitative estimate of drug-likeness (QED) is 0.713. The van der Waals surface area contributed by atoms with Crippen molar-refractivity contribution in [3.63, 3.8) is 0 Å². The summed E-state index contributed by atoms with van der Waals surface area (Å²) in [4.78, 5) is 29.3. The first-order chi connectivity index (χ1) is 14.9. The van der Waals surface area contributed by atoms with Gasteiger partial charge in [-0.2, -0.15) is 0 Å². The fourth-order valence-electron chi connectivity index (χ4n) is 7.31. The Morgan fingerprint density at radius 3 is 2.42 bits per heavy atom. The van der Waals surface area contributed by atoms with Gasteiger partial charge in [-0.3, -0.25) is 14.5 Å². The van der Waals surface area contributed by atoms with Gasteiger partial charge in [-0.05, 0) is 62.7 Å². The average Bonchev–Trinajstić information content (AvgIpc) is 3.44. The molecular formula is C24H39FN4O2. The number of carbonyl (C=O) groups is 2. The number of rotatable bonds is 3. The molecule has 5 rings (SSSR count). The number of hydrogen-bond acceptors (Lipinski definition) is 4. The van der Waals surface area contributed by atoms with Gasteiger partial charge >= 0.3 is 0 Å². The Morgan fingerprint density at radius 1 is 1.00 bits per heavy atom. The van der Waals surface area contributed by atoms with Crippen LogP contribution in [-0.2, 0) is 9.59 Å². The molecule has 0 aromatic heterocycles.